The van der Waals surface area contributed by atoms with Crippen molar-refractivity contribution >= 4 is 11.0 Å². The topological polar surface area (TPSA) is 168 Å². The van der Waals surface area contributed by atoms with Gasteiger partial charge in [-0.25, -0.2) is 0 Å². The summed E-state index contributed by atoms with van der Waals surface area (Å²) in [6, 6.07) is 6.81. The quantitative estimate of drug-likeness (QED) is 0.350. The van der Waals surface area contributed by atoms with Crippen LogP contribution in [0.15, 0.2) is 39.5 Å². The summed E-state index contributed by atoms with van der Waals surface area (Å²) in [5.41, 5.74) is -0.633. The van der Waals surface area contributed by atoms with Crippen molar-refractivity contribution in [3.05, 3.63) is 40.6 Å². The van der Waals surface area contributed by atoms with E-state index in [1.807, 2.05) is 0 Å². The first-order chi connectivity index (χ1) is 15.8. The molecule has 1 aliphatic rings. The van der Waals surface area contributed by atoms with Crippen LogP contribution in [0.3, 0.4) is 0 Å². The lowest BCUT2D eigenvalue weighted by Gasteiger charge is -2.19. The van der Waals surface area contributed by atoms with Crippen LogP contribution in [-0.4, -0.2) is 71.0 Å². The smallest absolute Gasteiger partial charge is 0.239 e. The van der Waals surface area contributed by atoms with Crippen LogP contribution in [0, 0.1) is 0 Å². The molecule has 11 heteroatoms. The standard InChI is InChI=1S/C22H22O11/c1-29-10-6-12(25)16-14(7-10)31-20(9-3-4-13(30-2)11(24)5-9)21(18(16)27)33-22-19(28)17(26)15(8-23)32-22/h3-7,15,17,19,22-26,28H,8H2,1-2H3/t15-,17+,19-,22-/m0/s1. The number of phenols is 2. The SMILES string of the molecule is COc1cc(O)c2c(=O)c(O[C@@H]3O[C@@H](CO)[C@@H](O)[C@@H]3O)c(-c3ccc(OC)c(O)c3)oc2c1. The van der Waals surface area contributed by atoms with Gasteiger partial charge in [0, 0.05) is 17.7 Å². The van der Waals surface area contributed by atoms with E-state index in [9.17, 15) is 30.3 Å². The van der Waals surface area contributed by atoms with Gasteiger partial charge in [-0.15, -0.1) is 0 Å². The Kier molecular flexibility index (Phi) is 6.04. The number of aromatic hydroxyl groups is 2. The van der Waals surface area contributed by atoms with Crippen LogP contribution < -0.4 is 19.6 Å². The second-order valence-corrected chi connectivity index (χ2v) is 7.32. The molecule has 2 heterocycles. The number of aliphatic hydroxyl groups excluding tert-OH is 3. The highest BCUT2D eigenvalue weighted by atomic mass is 16.7. The van der Waals surface area contributed by atoms with Crippen LogP contribution in [0.25, 0.3) is 22.3 Å². The number of benzene rings is 2. The monoisotopic (exact) mass is 462 g/mol. The van der Waals surface area contributed by atoms with Gasteiger partial charge in [-0.3, -0.25) is 4.79 Å². The molecule has 0 amide bonds. The molecule has 0 unspecified atom stereocenters. The van der Waals surface area contributed by atoms with E-state index in [1.54, 1.807) is 0 Å². The van der Waals surface area contributed by atoms with E-state index in [0.29, 0.717) is 0 Å². The minimum absolute atomic E-state index is 0.0318. The molecule has 0 aliphatic carbocycles. The van der Waals surface area contributed by atoms with Gasteiger partial charge in [0.1, 0.15) is 40.8 Å². The first kappa shape index (κ1) is 22.7. The average Bonchev–Trinajstić information content (AvgIpc) is 3.07. The second kappa shape index (κ2) is 8.79. The van der Waals surface area contributed by atoms with Crippen LogP contribution in [-0.2, 0) is 4.74 Å². The molecule has 4 atom stereocenters. The molecule has 33 heavy (non-hydrogen) atoms. The van der Waals surface area contributed by atoms with Crippen molar-refractivity contribution in [3.8, 4) is 40.1 Å². The zero-order valence-corrected chi connectivity index (χ0v) is 17.6. The molecule has 4 rings (SSSR count). The second-order valence-electron chi connectivity index (χ2n) is 7.32. The van der Waals surface area contributed by atoms with Gasteiger partial charge in [0.25, 0.3) is 0 Å². The van der Waals surface area contributed by atoms with E-state index in [0.717, 1.165) is 0 Å². The van der Waals surface area contributed by atoms with Crippen LogP contribution in [0.1, 0.15) is 0 Å². The molecule has 1 saturated heterocycles. The Labute approximate surface area is 186 Å². The Balaban J connectivity index is 1.92. The molecule has 0 saturated carbocycles. The Morgan fingerprint density at radius 2 is 1.76 bits per heavy atom. The van der Waals surface area contributed by atoms with Crippen molar-refractivity contribution in [2.45, 2.75) is 24.6 Å². The van der Waals surface area contributed by atoms with Crippen molar-refractivity contribution in [3.63, 3.8) is 0 Å². The number of phenolic OH excluding ortho intramolecular Hbond substituents is 2. The Hall–Kier alpha value is -3.51. The maximum absolute atomic E-state index is 13.4. The number of rotatable bonds is 6. The van der Waals surface area contributed by atoms with Crippen molar-refractivity contribution in [2.24, 2.45) is 0 Å². The number of methoxy groups -OCH3 is 2. The highest BCUT2D eigenvalue weighted by Gasteiger charge is 2.44. The minimum Gasteiger partial charge on any atom is -0.507 e. The van der Waals surface area contributed by atoms with Crippen molar-refractivity contribution in [2.75, 3.05) is 20.8 Å². The van der Waals surface area contributed by atoms with Crippen molar-refractivity contribution in [1.82, 2.24) is 0 Å². The lowest BCUT2D eigenvalue weighted by Crippen LogP contribution is -2.36. The highest BCUT2D eigenvalue weighted by molar-refractivity contribution is 5.88. The van der Waals surface area contributed by atoms with Gasteiger partial charge >= 0.3 is 0 Å². The van der Waals surface area contributed by atoms with E-state index in [2.05, 4.69) is 0 Å². The number of hydrogen-bond donors (Lipinski definition) is 5. The molecule has 0 radical (unpaired) electrons. The molecule has 1 aromatic heterocycles. The average molecular weight is 462 g/mol. The van der Waals surface area contributed by atoms with Gasteiger partial charge in [-0.05, 0) is 18.2 Å². The van der Waals surface area contributed by atoms with E-state index >= 15 is 0 Å². The first-order valence-corrected chi connectivity index (χ1v) is 9.83. The van der Waals surface area contributed by atoms with Crippen LogP contribution >= 0.6 is 0 Å². The van der Waals surface area contributed by atoms with Gasteiger partial charge in [0.2, 0.25) is 17.5 Å². The summed E-state index contributed by atoms with van der Waals surface area (Å²) in [6.45, 7) is -0.593. The maximum atomic E-state index is 13.4. The summed E-state index contributed by atoms with van der Waals surface area (Å²) in [5, 5.41) is 50.0. The fourth-order valence-electron chi connectivity index (χ4n) is 3.58. The van der Waals surface area contributed by atoms with Crippen LogP contribution in [0.4, 0.5) is 0 Å². The molecule has 2 aromatic carbocycles. The summed E-state index contributed by atoms with van der Waals surface area (Å²) < 4.78 is 27.0. The molecule has 0 spiro atoms. The Morgan fingerprint density at radius 3 is 2.36 bits per heavy atom. The van der Waals surface area contributed by atoms with Crippen LogP contribution in [0.5, 0.6) is 28.7 Å². The third-order valence-corrected chi connectivity index (χ3v) is 5.32. The van der Waals surface area contributed by atoms with Crippen molar-refractivity contribution < 1.29 is 48.9 Å². The van der Waals surface area contributed by atoms with Gasteiger partial charge in [-0.1, -0.05) is 0 Å². The van der Waals surface area contributed by atoms with E-state index < -0.39 is 48.1 Å². The molecule has 3 aromatic rings. The summed E-state index contributed by atoms with van der Waals surface area (Å²) in [4.78, 5) is 13.4. The normalized spacial score (nSPS) is 22.5. The first-order valence-electron chi connectivity index (χ1n) is 9.83. The molecule has 0 bridgehead atoms. The highest BCUT2D eigenvalue weighted by Crippen LogP contribution is 2.39. The molecular weight excluding hydrogens is 440 g/mol. The minimum atomic E-state index is -1.58. The van der Waals surface area contributed by atoms with Gasteiger partial charge in [-0.2, -0.15) is 0 Å². The predicted molar refractivity (Wildman–Crippen MR) is 113 cm³/mol. The number of fused-ring (bicyclic) bond motifs is 1. The number of hydrogen-bond acceptors (Lipinski definition) is 11. The largest absolute Gasteiger partial charge is 0.507 e. The van der Waals surface area contributed by atoms with Crippen molar-refractivity contribution in [1.29, 1.82) is 0 Å². The fraction of sp³-hybridized carbons (Fsp3) is 0.318. The Bertz CT molecular complexity index is 1240. The third-order valence-electron chi connectivity index (χ3n) is 5.32. The van der Waals surface area contributed by atoms with Gasteiger partial charge < -0.3 is 48.9 Å². The summed E-state index contributed by atoms with van der Waals surface area (Å²) in [7, 11) is 2.75. The molecule has 11 nitrogen and oxygen atoms in total. The predicted octanol–water partition coefficient (Wildman–Crippen LogP) is 0.706. The third kappa shape index (κ3) is 3.91. The summed E-state index contributed by atoms with van der Waals surface area (Å²) >= 11 is 0. The lowest BCUT2D eigenvalue weighted by molar-refractivity contribution is -0.117. The van der Waals surface area contributed by atoms with E-state index in [-0.39, 0.29) is 39.5 Å². The van der Waals surface area contributed by atoms with Crippen LogP contribution in [0.2, 0.25) is 0 Å². The molecule has 1 aliphatic heterocycles. The van der Waals surface area contributed by atoms with Gasteiger partial charge in [0.05, 0.1) is 20.8 Å². The zero-order valence-electron chi connectivity index (χ0n) is 17.6. The van der Waals surface area contributed by atoms with E-state index in [1.165, 1.54) is 44.6 Å². The fourth-order valence-corrected chi connectivity index (χ4v) is 3.58. The molecule has 1 fully saturated rings. The molecule has 176 valence electrons. The zero-order chi connectivity index (χ0) is 23.9. The van der Waals surface area contributed by atoms with Gasteiger partial charge in [0.15, 0.2) is 17.3 Å². The maximum Gasteiger partial charge on any atom is 0.239 e. The lowest BCUT2D eigenvalue weighted by atomic mass is 10.1. The molecule has 5 N–H and O–H groups in total. The number of ether oxygens (including phenoxy) is 4. The number of aliphatic hydroxyl groups is 3. The van der Waals surface area contributed by atoms with E-state index in [4.69, 9.17) is 23.4 Å². The Morgan fingerprint density at radius 1 is 1.00 bits per heavy atom. The molecular formula is C22H22O11. The summed E-state index contributed by atoms with van der Waals surface area (Å²) in [5.74, 6) is -0.896. The summed E-state index contributed by atoms with van der Waals surface area (Å²) in [6.07, 6.45) is -5.70.